The van der Waals surface area contributed by atoms with Crippen LogP contribution < -0.4 is 31.0 Å². The van der Waals surface area contributed by atoms with E-state index in [9.17, 15) is 10.1 Å². The van der Waals surface area contributed by atoms with Gasteiger partial charge in [-0.3, -0.25) is 9.78 Å². The minimum atomic E-state index is -0.417. The molecule has 0 spiro atoms. The average molecular weight is 477 g/mol. The van der Waals surface area contributed by atoms with Gasteiger partial charge in [0, 0.05) is 29.0 Å². The van der Waals surface area contributed by atoms with Crippen molar-refractivity contribution < 1.29 is 19.0 Å². The molecule has 0 aliphatic carbocycles. The molecule has 0 fully saturated rings. The van der Waals surface area contributed by atoms with Gasteiger partial charge in [0.25, 0.3) is 5.91 Å². The predicted octanol–water partition coefficient (Wildman–Crippen LogP) is 3.67. The number of carbonyl (C=O) groups is 1. The molecule has 0 unspecified atom stereocenters. The number of rotatable bonds is 6. The van der Waals surface area contributed by atoms with Crippen molar-refractivity contribution in [3.05, 3.63) is 47.1 Å². The third kappa shape index (κ3) is 3.76. The first-order valence-electron chi connectivity index (χ1n) is 9.86. The smallest absolute Gasteiger partial charge is 0.267 e. The monoisotopic (exact) mass is 476 g/mol. The van der Waals surface area contributed by atoms with Crippen molar-refractivity contribution in [3.8, 4) is 34.4 Å². The van der Waals surface area contributed by atoms with E-state index < -0.39 is 5.91 Å². The Kier molecular flexibility index (Phi) is 6.07. The highest BCUT2D eigenvalue weighted by molar-refractivity contribution is 7.21. The molecule has 5 N–H and O–H groups in total. The first-order valence-corrected chi connectivity index (χ1v) is 10.7. The lowest BCUT2D eigenvalue weighted by Gasteiger charge is -2.16. The highest BCUT2D eigenvalue weighted by atomic mass is 32.1. The Balaban J connectivity index is 1.97. The van der Waals surface area contributed by atoms with E-state index in [0.717, 1.165) is 11.3 Å². The van der Waals surface area contributed by atoms with Gasteiger partial charge in [0.2, 0.25) is 5.75 Å². The van der Waals surface area contributed by atoms with E-state index in [1.807, 2.05) is 0 Å². The fourth-order valence-electron chi connectivity index (χ4n) is 3.59. The molecule has 10 nitrogen and oxygen atoms in total. The summed E-state index contributed by atoms with van der Waals surface area (Å²) in [5.41, 5.74) is 14.4. The number of nitrogens with one attached hydrogen (secondary N) is 1. The summed E-state index contributed by atoms with van der Waals surface area (Å²) in [6, 6.07) is 8.79. The molecule has 0 bridgehead atoms. The van der Waals surface area contributed by atoms with E-state index >= 15 is 0 Å². The summed E-state index contributed by atoms with van der Waals surface area (Å²) in [6.45, 7) is 0. The van der Waals surface area contributed by atoms with Gasteiger partial charge in [-0.15, -0.1) is 11.3 Å². The molecule has 1 amide bonds. The van der Waals surface area contributed by atoms with Crippen LogP contribution in [0.2, 0.25) is 0 Å². The summed E-state index contributed by atoms with van der Waals surface area (Å²) in [5.74, 6) is 0.754. The first kappa shape index (κ1) is 22.6. The van der Waals surface area contributed by atoms with Crippen LogP contribution >= 0.6 is 11.3 Å². The fourth-order valence-corrected chi connectivity index (χ4v) is 4.60. The molecule has 11 heteroatoms. The number of ether oxygens (including phenoxy) is 3. The Morgan fingerprint density at radius 3 is 2.29 bits per heavy atom. The largest absolute Gasteiger partial charge is 0.493 e. The lowest BCUT2D eigenvalue weighted by Crippen LogP contribution is -2.11. The molecular weight excluding hydrogens is 456 g/mol. The van der Waals surface area contributed by atoms with Crippen LogP contribution in [-0.2, 0) is 0 Å². The summed E-state index contributed by atoms with van der Waals surface area (Å²) >= 11 is 1.08. The number of thiophene rings is 1. The molecule has 0 aliphatic heterocycles. The van der Waals surface area contributed by atoms with Gasteiger partial charge in [0.15, 0.2) is 11.5 Å². The van der Waals surface area contributed by atoms with Gasteiger partial charge in [-0.25, -0.2) is 4.98 Å². The van der Waals surface area contributed by atoms with Crippen LogP contribution in [0.25, 0.3) is 21.3 Å². The number of hydrogen-bond acceptors (Lipinski definition) is 10. The molecule has 3 heterocycles. The average Bonchev–Trinajstić information content (AvgIpc) is 3.18. The second-order valence-corrected chi connectivity index (χ2v) is 7.99. The van der Waals surface area contributed by atoms with Crippen LogP contribution in [0.15, 0.2) is 36.7 Å². The van der Waals surface area contributed by atoms with Gasteiger partial charge in [0.05, 0.1) is 27.0 Å². The van der Waals surface area contributed by atoms with Gasteiger partial charge in [-0.2, -0.15) is 5.26 Å². The van der Waals surface area contributed by atoms with Crippen LogP contribution in [0, 0.1) is 11.3 Å². The zero-order valence-electron chi connectivity index (χ0n) is 18.5. The minimum absolute atomic E-state index is 0.0149. The molecule has 0 saturated heterocycles. The predicted molar refractivity (Wildman–Crippen MR) is 130 cm³/mol. The van der Waals surface area contributed by atoms with Crippen LogP contribution in [0.4, 0.5) is 17.2 Å². The summed E-state index contributed by atoms with van der Waals surface area (Å²) in [7, 11) is 4.47. The lowest BCUT2D eigenvalue weighted by atomic mass is 9.96. The van der Waals surface area contributed by atoms with Crippen molar-refractivity contribution in [1.29, 1.82) is 5.26 Å². The number of hydrogen-bond donors (Lipinski definition) is 3. The number of benzene rings is 1. The number of nitrogens with zero attached hydrogens (tertiary/aromatic N) is 3. The standard InChI is InChI=1S/C23H20N6O4S/c1-31-14-8-11(9-15(32-2)19(14)33-3)16-13(10-24)21(26)29-23-17(16)18(25)20(34-23)22(30)28-12-4-6-27-7-5-12/h4-9H,25H2,1-3H3,(H2,26,29)(H,27,28,30). The molecular formula is C23H20N6O4S. The van der Waals surface area contributed by atoms with E-state index in [4.69, 9.17) is 25.7 Å². The van der Waals surface area contributed by atoms with Gasteiger partial charge in [-0.1, -0.05) is 0 Å². The molecule has 3 aromatic heterocycles. The Labute approximate surface area is 198 Å². The summed E-state index contributed by atoms with van der Waals surface area (Å²) in [4.78, 5) is 21.9. The van der Waals surface area contributed by atoms with Crippen molar-refractivity contribution >= 4 is 44.7 Å². The highest BCUT2D eigenvalue weighted by Crippen LogP contribution is 2.47. The number of nitriles is 1. The van der Waals surface area contributed by atoms with E-state index in [1.54, 1.807) is 36.7 Å². The minimum Gasteiger partial charge on any atom is -0.493 e. The highest BCUT2D eigenvalue weighted by Gasteiger charge is 2.26. The van der Waals surface area contributed by atoms with Crippen molar-refractivity contribution in [3.63, 3.8) is 0 Å². The summed E-state index contributed by atoms with van der Waals surface area (Å²) in [6.07, 6.45) is 3.13. The van der Waals surface area contributed by atoms with Gasteiger partial charge >= 0.3 is 0 Å². The number of carbonyl (C=O) groups excluding carboxylic acids is 1. The SMILES string of the molecule is COc1cc(-c2c(C#N)c(N)nc3sc(C(=O)Nc4ccncc4)c(N)c23)cc(OC)c1OC. The second kappa shape index (κ2) is 9.13. The van der Waals surface area contributed by atoms with Crippen LogP contribution in [0.5, 0.6) is 17.2 Å². The van der Waals surface area contributed by atoms with Crippen molar-refractivity contribution in [2.75, 3.05) is 38.1 Å². The van der Waals surface area contributed by atoms with E-state index in [-0.39, 0.29) is 21.9 Å². The maximum atomic E-state index is 13.0. The van der Waals surface area contributed by atoms with Gasteiger partial charge in [-0.05, 0) is 29.8 Å². The molecule has 0 aliphatic rings. The normalized spacial score (nSPS) is 10.5. The van der Waals surface area contributed by atoms with Crippen LogP contribution in [0.1, 0.15) is 15.2 Å². The number of anilines is 3. The van der Waals surface area contributed by atoms with Crippen LogP contribution in [-0.4, -0.2) is 37.2 Å². The molecule has 4 rings (SSSR count). The Hall–Kier alpha value is -4.56. The molecule has 1 aromatic carbocycles. The number of pyridine rings is 2. The molecule has 0 atom stereocenters. The number of methoxy groups -OCH3 is 3. The van der Waals surface area contributed by atoms with Crippen LogP contribution in [0.3, 0.4) is 0 Å². The number of amides is 1. The van der Waals surface area contributed by atoms with E-state index in [0.29, 0.717) is 44.3 Å². The van der Waals surface area contributed by atoms with Crippen molar-refractivity contribution in [2.45, 2.75) is 0 Å². The third-order valence-corrected chi connectivity index (χ3v) is 6.21. The van der Waals surface area contributed by atoms with E-state index in [1.165, 1.54) is 21.3 Å². The topological polar surface area (TPSA) is 158 Å². The van der Waals surface area contributed by atoms with Crippen molar-refractivity contribution in [2.24, 2.45) is 0 Å². The number of aromatic nitrogens is 2. The first-order chi connectivity index (χ1) is 16.4. The second-order valence-electron chi connectivity index (χ2n) is 6.99. The van der Waals surface area contributed by atoms with Gasteiger partial charge in [0.1, 0.15) is 27.2 Å². The fraction of sp³-hybridized carbons (Fsp3) is 0.130. The molecule has 34 heavy (non-hydrogen) atoms. The summed E-state index contributed by atoms with van der Waals surface area (Å²) < 4.78 is 16.3. The van der Waals surface area contributed by atoms with E-state index in [2.05, 4.69) is 21.4 Å². The molecule has 172 valence electrons. The Morgan fingerprint density at radius 1 is 1.09 bits per heavy atom. The van der Waals surface area contributed by atoms with Gasteiger partial charge < -0.3 is 31.0 Å². The zero-order valence-corrected chi connectivity index (χ0v) is 19.3. The molecule has 4 aromatic rings. The lowest BCUT2D eigenvalue weighted by molar-refractivity contribution is 0.103. The Morgan fingerprint density at radius 2 is 1.74 bits per heavy atom. The molecule has 0 radical (unpaired) electrons. The number of fused-ring (bicyclic) bond motifs is 1. The quantitative estimate of drug-likeness (QED) is 0.377. The maximum Gasteiger partial charge on any atom is 0.267 e. The van der Waals surface area contributed by atoms with Crippen molar-refractivity contribution in [1.82, 2.24) is 9.97 Å². The Bertz CT molecular complexity index is 1420. The number of nitrogens with two attached hydrogens (primary N) is 2. The third-order valence-electron chi connectivity index (χ3n) is 5.11. The number of nitrogen functional groups attached to an aromatic ring is 2. The molecule has 0 saturated carbocycles. The zero-order chi connectivity index (χ0) is 24.4. The maximum absolute atomic E-state index is 13.0. The summed E-state index contributed by atoms with van der Waals surface area (Å²) in [5, 5.41) is 13.1.